The lowest BCUT2D eigenvalue weighted by Crippen LogP contribution is -2.16. The van der Waals surface area contributed by atoms with Gasteiger partial charge in [0.1, 0.15) is 5.75 Å². The van der Waals surface area contributed by atoms with Crippen molar-refractivity contribution in [3.8, 4) is 5.75 Å². The number of nitrogens with zero attached hydrogens (tertiary/aromatic N) is 2. The standard InChI is InChI=1S/C16H22ClN3O/c1-4-14-16(17)15(20(5-2)19-14)10-13(18)11-7-6-8-12(9-11)21-3/h6-9,13H,4-5,10,18H2,1-3H3. The summed E-state index contributed by atoms with van der Waals surface area (Å²) in [4.78, 5) is 0. The van der Waals surface area contributed by atoms with Crippen molar-refractivity contribution < 1.29 is 4.74 Å². The average molecular weight is 308 g/mol. The Kier molecular flexibility index (Phi) is 5.26. The number of ether oxygens (including phenoxy) is 1. The van der Waals surface area contributed by atoms with Gasteiger partial charge in [0.25, 0.3) is 0 Å². The van der Waals surface area contributed by atoms with Crippen molar-refractivity contribution >= 4 is 11.6 Å². The zero-order chi connectivity index (χ0) is 15.4. The Balaban J connectivity index is 2.26. The van der Waals surface area contributed by atoms with Gasteiger partial charge in [-0.2, -0.15) is 5.10 Å². The van der Waals surface area contributed by atoms with E-state index in [1.54, 1.807) is 7.11 Å². The summed E-state index contributed by atoms with van der Waals surface area (Å²) in [6, 6.07) is 7.70. The molecule has 1 aromatic heterocycles. The molecule has 1 aromatic carbocycles. The van der Waals surface area contributed by atoms with Crippen LogP contribution in [0.25, 0.3) is 0 Å². The Morgan fingerprint density at radius 1 is 1.38 bits per heavy atom. The minimum Gasteiger partial charge on any atom is -0.497 e. The third kappa shape index (κ3) is 3.39. The van der Waals surface area contributed by atoms with E-state index in [-0.39, 0.29) is 6.04 Å². The minimum absolute atomic E-state index is 0.135. The van der Waals surface area contributed by atoms with E-state index in [2.05, 4.69) is 18.9 Å². The van der Waals surface area contributed by atoms with Gasteiger partial charge >= 0.3 is 0 Å². The number of hydrogen-bond acceptors (Lipinski definition) is 3. The third-order valence-corrected chi connectivity index (χ3v) is 4.07. The number of benzene rings is 1. The molecule has 1 atom stereocenters. The van der Waals surface area contributed by atoms with Crippen LogP contribution in [0.4, 0.5) is 0 Å². The van der Waals surface area contributed by atoms with Gasteiger partial charge in [0.15, 0.2) is 0 Å². The molecule has 0 aliphatic rings. The molecule has 0 saturated heterocycles. The smallest absolute Gasteiger partial charge is 0.119 e. The number of halogens is 1. The van der Waals surface area contributed by atoms with Crippen molar-refractivity contribution in [3.05, 3.63) is 46.2 Å². The second-order valence-corrected chi connectivity index (χ2v) is 5.34. The molecule has 2 rings (SSSR count). The fourth-order valence-corrected chi connectivity index (χ4v) is 2.76. The van der Waals surface area contributed by atoms with Gasteiger partial charge in [-0.25, -0.2) is 0 Å². The maximum absolute atomic E-state index is 6.43. The van der Waals surface area contributed by atoms with Crippen LogP contribution in [0.15, 0.2) is 24.3 Å². The molecular formula is C16H22ClN3O. The average Bonchev–Trinajstić information content (AvgIpc) is 2.83. The van der Waals surface area contributed by atoms with Crippen LogP contribution in [0.2, 0.25) is 5.02 Å². The lowest BCUT2D eigenvalue weighted by Gasteiger charge is -2.14. The maximum Gasteiger partial charge on any atom is 0.119 e. The molecule has 5 heteroatoms. The summed E-state index contributed by atoms with van der Waals surface area (Å²) in [6.45, 7) is 4.91. The highest BCUT2D eigenvalue weighted by Crippen LogP contribution is 2.27. The molecule has 0 saturated carbocycles. The highest BCUT2D eigenvalue weighted by Gasteiger charge is 2.18. The molecule has 0 fully saturated rings. The Morgan fingerprint density at radius 2 is 2.14 bits per heavy atom. The molecule has 1 unspecified atom stereocenters. The first-order chi connectivity index (χ1) is 10.1. The van der Waals surface area contributed by atoms with Crippen LogP contribution in [-0.4, -0.2) is 16.9 Å². The van der Waals surface area contributed by atoms with Crippen LogP contribution >= 0.6 is 11.6 Å². The van der Waals surface area contributed by atoms with E-state index in [9.17, 15) is 0 Å². The van der Waals surface area contributed by atoms with E-state index in [0.29, 0.717) is 6.42 Å². The normalized spacial score (nSPS) is 12.4. The summed E-state index contributed by atoms with van der Waals surface area (Å²) < 4.78 is 7.19. The number of methoxy groups -OCH3 is 1. The molecule has 0 radical (unpaired) electrons. The number of rotatable bonds is 6. The molecule has 0 amide bonds. The van der Waals surface area contributed by atoms with Crippen molar-refractivity contribution in [2.45, 2.75) is 39.3 Å². The zero-order valence-electron chi connectivity index (χ0n) is 12.8. The second-order valence-electron chi connectivity index (χ2n) is 4.96. The van der Waals surface area contributed by atoms with Crippen LogP contribution in [0.3, 0.4) is 0 Å². The molecule has 2 N–H and O–H groups in total. The van der Waals surface area contributed by atoms with E-state index >= 15 is 0 Å². The van der Waals surface area contributed by atoms with Gasteiger partial charge in [-0.3, -0.25) is 4.68 Å². The summed E-state index contributed by atoms with van der Waals surface area (Å²) in [7, 11) is 1.65. The van der Waals surface area contributed by atoms with Gasteiger partial charge in [-0.05, 0) is 31.0 Å². The van der Waals surface area contributed by atoms with Crippen LogP contribution in [0.1, 0.15) is 36.8 Å². The van der Waals surface area contributed by atoms with Crippen LogP contribution in [0, 0.1) is 0 Å². The SMILES string of the molecule is CCc1nn(CC)c(CC(N)c2cccc(OC)c2)c1Cl. The first-order valence-electron chi connectivity index (χ1n) is 7.24. The zero-order valence-corrected chi connectivity index (χ0v) is 13.5. The Hall–Kier alpha value is -1.52. The summed E-state index contributed by atoms with van der Waals surface area (Å²) in [5, 5.41) is 5.28. The van der Waals surface area contributed by atoms with Gasteiger partial charge in [-0.1, -0.05) is 30.7 Å². The van der Waals surface area contributed by atoms with E-state index in [1.165, 1.54) is 0 Å². The highest BCUT2D eigenvalue weighted by atomic mass is 35.5. The van der Waals surface area contributed by atoms with Gasteiger partial charge in [-0.15, -0.1) is 0 Å². The van der Waals surface area contributed by atoms with Gasteiger partial charge in [0, 0.05) is 19.0 Å². The van der Waals surface area contributed by atoms with Crippen molar-refractivity contribution in [3.63, 3.8) is 0 Å². The number of aromatic nitrogens is 2. The molecule has 114 valence electrons. The molecule has 0 bridgehead atoms. The molecule has 2 aromatic rings. The first kappa shape index (κ1) is 15.9. The van der Waals surface area contributed by atoms with E-state index < -0.39 is 0 Å². The number of nitrogens with two attached hydrogens (primary N) is 1. The summed E-state index contributed by atoms with van der Waals surface area (Å²) >= 11 is 6.43. The molecule has 1 heterocycles. The highest BCUT2D eigenvalue weighted by molar-refractivity contribution is 6.31. The number of aryl methyl sites for hydroxylation is 2. The maximum atomic E-state index is 6.43. The van der Waals surface area contributed by atoms with E-state index in [1.807, 2.05) is 28.9 Å². The molecule has 0 aliphatic heterocycles. The van der Waals surface area contributed by atoms with E-state index in [0.717, 1.165) is 40.7 Å². The lowest BCUT2D eigenvalue weighted by molar-refractivity contribution is 0.413. The Labute approximate surface area is 130 Å². The predicted molar refractivity (Wildman–Crippen MR) is 85.9 cm³/mol. The fraction of sp³-hybridized carbons (Fsp3) is 0.438. The molecule has 21 heavy (non-hydrogen) atoms. The van der Waals surface area contributed by atoms with Crippen molar-refractivity contribution in [2.24, 2.45) is 5.73 Å². The second kappa shape index (κ2) is 6.96. The lowest BCUT2D eigenvalue weighted by atomic mass is 10.0. The predicted octanol–water partition coefficient (Wildman–Crippen LogP) is 3.37. The van der Waals surface area contributed by atoms with Gasteiger partial charge in [0.2, 0.25) is 0 Å². The fourth-order valence-electron chi connectivity index (χ4n) is 2.41. The third-order valence-electron chi connectivity index (χ3n) is 3.63. The molecule has 4 nitrogen and oxygen atoms in total. The van der Waals surface area contributed by atoms with Crippen LogP contribution < -0.4 is 10.5 Å². The van der Waals surface area contributed by atoms with Crippen molar-refractivity contribution in [2.75, 3.05) is 7.11 Å². The molecule has 0 spiro atoms. The van der Waals surface area contributed by atoms with Crippen molar-refractivity contribution in [1.29, 1.82) is 0 Å². The topological polar surface area (TPSA) is 53.1 Å². The summed E-state index contributed by atoms with van der Waals surface area (Å²) in [6.07, 6.45) is 1.49. The first-order valence-corrected chi connectivity index (χ1v) is 7.62. The number of hydrogen-bond donors (Lipinski definition) is 1. The molecular weight excluding hydrogens is 286 g/mol. The molecule has 0 aliphatic carbocycles. The largest absolute Gasteiger partial charge is 0.497 e. The van der Waals surface area contributed by atoms with Crippen LogP contribution in [0.5, 0.6) is 5.75 Å². The summed E-state index contributed by atoms with van der Waals surface area (Å²) in [5.41, 5.74) is 9.32. The quantitative estimate of drug-likeness (QED) is 0.890. The van der Waals surface area contributed by atoms with Gasteiger partial charge in [0.05, 0.1) is 23.5 Å². The van der Waals surface area contributed by atoms with Gasteiger partial charge < -0.3 is 10.5 Å². The van der Waals surface area contributed by atoms with E-state index in [4.69, 9.17) is 22.1 Å². The minimum atomic E-state index is -0.135. The monoisotopic (exact) mass is 307 g/mol. The van der Waals surface area contributed by atoms with Crippen LogP contribution in [-0.2, 0) is 19.4 Å². The Morgan fingerprint density at radius 3 is 2.76 bits per heavy atom. The Bertz CT molecular complexity index is 610. The van der Waals surface area contributed by atoms with Crippen molar-refractivity contribution in [1.82, 2.24) is 9.78 Å². The summed E-state index contributed by atoms with van der Waals surface area (Å²) in [5.74, 6) is 0.812.